The van der Waals surface area contributed by atoms with Gasteiger partial charge in [0, 0.05) is 5.92 Å². The van der Waals surface area contributed by atoms with Crippen LogP contribution in [0.2, 0.25) is 0 Å². The van der Waals surface area contributed by atoms with Gasteiger partial charge in [-0.1, -0.05) is 36.2 Å². The van der Waals surface area contributed by atoms with Gasteiger partial charge in [0.1, 0.15) is 5.78 Å². The van der Waals surface area contributed by atoms with E-state index in [1.54, 1.807) is 0 Å². The molecular formula is C9H15BrO. The normalized spacial score (nSPS) is 28.8. The summed E-state index contributed by atoms with van der Waals surface area (Å²) in [7, 11) is 0. The Morgan fingerprint density at radius 3 is 2.64 bits per heavy atom. The maximum Gasteiger partial charge on any atom is 0.146 e. The Bertz CT molecular complexity index is 163. The van der Waals surface area contributed by atoms with Crippen molar-refractivity contribution in [3.8, 4) is 0 Å². The van der Waals surface area contributed by atoms with Crippen LogP contribution in [-0.2, 0) is 4.79 Å². The highest BCUT2D eigenvalue weighted by atomic mass is 79.9. The highest BCUT2D eigenvalue weighted by molar-refractivity contribution is 9.09. The summed E-state index contributed by atoms with van der Waals surface area (Å²) in [6.45, 7) is 4.40. The van der Waals surface area contributed by atoms with Gasteiger partial charge in [0.05, 0.1) is 5.33 Å². The van der Waals surface area contributed by atoms with Crippen molar-refractivity contribution in [2.24, 2.45) is 11.3 Å². The summed E-state index contributed by atoms with van der Waals surface area (Å²) >= 11 is 3.23. The third-order valence-corrected chi connectivity index (χ3v) is 3.33. The Balaban J connectivity index is 2.64. The van der Waals surface area contributed by atoms with Crippen LogP contribution in [0.15, 0.2) is 0 Å². The maximum absolute atomic E-state index is 11.4. The lowest BCUT2D eigenvalue weighted by Crippen LogP contribution is -2.26. The van der Waals surface area contributed by atoms with Crippen molar-refractivity contribution in [2.75, 3.05) is 5.33 Å². The Morgan fingerprint density at radius 2 is 2.27 bits per heavy atom. The van der Waals surface area contributed by atoms with Gasteiger partial charge in [0.25, 0.3) is 0 Å². The zero-order chi connectivity index (χ0) is 8.48. The Kier molecular flexibility index (Phi) is 2.74. The Hall–Kier alpha value is 0.150. The zero-order valence-corrected chi connectivity index (χ0v) is 8.78. The van der Waals surface area contributed by atoms with E-state index in [1.165, 1.54) is 12.8 Å². The molecule has 1 saturated carbocycles. The van der Waals surface area contributed by atoms with E-state index >= 15 is 0 Å². The molecule has 0 saturated heterocycles. The van der Waals surface area contributed by atoms with Crippen molar-refractivity contribution in [3.05, 3.63) is 0 Å². The lowest BCUT2D eigenvalue weighted by molar-refractivity contribution is -0.122. The minimum absolute atomic E-state index is 0.255. The van der Waals surface area contributed by atoms with Gasteiger partial charge >= 0.3 is 0 Å². The molecule has 0 amide bonds. The summed E-state index contributed by atoms with van der Waals surface area (Å²) in [5, 5.41) is 0.529. The minimum atomic E-state index is 0.255. The van der Waals surface area contributed by atoms with Crippen molar-refractivity contribution in [1.82, 2.24) is 0 Å². The fourth-order valence-corrected chi connectivity index (χ4v) is 2.41. The first-order valence-electron chi connectivity index (χ1n) is 4.16. The van der Waals surface area contributed by atoms with E-state index in [0.717, 1.165) is 6.42 Å². The van der Waals surface area contributed by atoms with Gasteiger partial charge in [-0.05, 0) is 18.3 Å². The molecule has 0 heterocycles. The predicted molar refractivity (Wildman–Crippen MR) is 49.9 cm³/mol. The molecule has 1 rings (SSSR count). The standard InChI is InChI=1S/C9H15BrO/c1-9(2)5-3-4-7(9)8(11)6-10/h7H,3-6H2,1-2H3. The molecule has 0 spiro atoms. The largest absolute Gasteiger partial charge is 0.298 e. The molecule has 0 bridgehead atoms. The van der Waals surface area contributed by atoms with E-state index in [2.05, 4.69) is 29.8 Å². The third-order valence-electron chi connectivity index (χ3n) is 2.78. The van der Waals surface area contributed by atoms with Crippen LogP contribution in [0.3, 0.4) is 0 Å². The molecule has 0 radical (unpaired) electrons. The van der Waals surface area contributed by atoms with Crippen molar-refractivity contribution in [1.29, 1.82) is 0 Å². The quantitative estimate of drug-likeness (QED) is 0.652. The average molecular weight is 219 g/mol. The summed E-state index contributed by atoms with van der Waals surface area (Å²) in [5.41, 5.74) is 0.255. The molecule has 0 aromatic carbocycles. The molecule has 1 unspecified atom stereocenters. The lowest BCUT2D eigenvalue weighted by atomic mass is 9.80. The number of Topliss-reactive ketones (excluding diaryl/α,β-unsaturated/α-hetero) is 1. The molecule has 0 N–H and O–H groups in total. The van der Waals surface area contributed by atoms with Crippen LogP contribution >= 0.6 is 15.9 Å². The second-order valence-electron chi connectivity index (χ2n) is 4.03. The fourth-order valence-electron chi connectivity index (χ4n) is 2.02. The maximum atomic E-state index is 11.4. The van der Waals surface area contributed by atoms with Crippen LogP contribution in [0.25, 0.3) is 0 Å². The first kappa shape index (κ1) is 9.24. The van der Waals surface area contributed by atoms with Gasteiger partial charge in [0.2, 0.25) is 0 Å². The highest BCUT2D eigenvalue weighted by Gasteiger charge is 2.38. The molecule has 1 atom stereocenters. The third kappa shape index (κ3) is 1.84. The number of rotatable bonds is 2. The molecular weight excluding hydrogens is 204 g/mol. The average Bonchev–Trinajstić information content (AvgIpc) is 2.28. The van der Waals surface area contributed by atoms with Crippen LogP contribution in [0.1, 0.15) is 33.1 Å². The Morgan fingerprint density at radius 1 is 1.64 bits per heavy atom. The van der Waals surface area contributed by atoms with Crippen LogP contribution in [0.4, 0.5) is 0 Å². The van der Waals surface area contributed by atoms with E-state index in [1.807, 2.05) is 0 Å². The number of halogens is 1. The van der Waals surface area contributed by atoms with E-state index in [-0.39, 0.29) is 5.41 Å². The van der Waals surface area contributed by atoms with E-state index in [4.69, 9.17) is 0 Å². The second kappa shape index (κ2) is 3.26. The first-order valence-corrected chi connectivity index (χ1v) is 5.29. The van der Waals surface area contributed by atoms with Crippen LogP contribution in [-0.4, -0.2) is 11.1 Å². The van der Waals surface area contributed by atoms with E-state index in [9.17, 15) is 4.79 Å². The molecule has 0 aliphatic heterocycles. The number of carbonyl (C=O) groups is 1. The van der Waals surface area contributed by atoms with Crippen LogP contribution in [0, 0.1) is 11.3 Å². The number of carbonyl (C=O) groups excluding carboxylic acids is 1. The van der Waals surface area contributed by atoms with Gasteiger partial charge in [-0.3, -0.25) is 4.79 Å². The molecule has 2 heteroatoms. The monoisotopic (exact) mass is 218 g/mol. The SMILES string of the molecule is CC1(C)CCCC1C(=O)CBr. The van der Waals surface area contributed by atoms with E-state index in [0.29, 0.717) is 17.0 Å². The smallest absolute Gasteiger partial charge is 0.146 e. The predicted octanol–water partition coefficient (Wildman–Crippen LogP) is 2.78. The van der Waals surface area contributed by atoms with Gasteiger partial charge in [0.15, 0.2) is 0 Å². The summed E-state index contributed by atoms with van der Waals surface area (Å²) in [4.78, 5) is 11.4. The molecule has 64 valence electrons. The Labute approximate surface area is 76.7 Å². The summed E-state index contributed by atoms with van der Waals surface area (Å²) < 4.78 is 0. The highest BCUT2D eigenvalue weighted by Crippen LogP contribution is 2.43. The number of ketones is 1. The van der Waals surface area contributed by atoms with Gasteiger partial charge in [-0.2, -0.15) is 0 Å². The molecule has 0 aromatic heterocycles. The number of hydrogen-bond acceptors (Lipinski definition) is 1. The molecule has 1 aliphatic rings. The molecule has 1 aliphatic carbocycles. The lowest BCUT2D eigenvalue weighted by Gasteiger charge is -2.24. The van der Waals surface area contributed by atoms with Crippen LogP contribution < -0.4 is 0 Å². The van der Waals surface area contributed by atoms with Crippen molar-refractivity contribution in [3.63, 3.8) is 0 Å². The minimum Gasteiger partial charge on any atom is -0.298 e. The molecule has 11 heavy (non-hydrogen) atoms. The summed E-state index contributed by atoms with van der Waals surface area (Å²) in [6, 6.07) is 0. The summed E-state index contributed by atoms with van der Waals surface area (Å²) in [5.74, 6) is 0.689. The number of hydrogen-bond donors (Lipinski definition) is 0. The summed E-state index contributed by atoms with van der Waals surface area (Å²) in [6.07, 6.45) is 3.52. The topological polar surface area (TPSA) is 17.1 Å². The van der Waals surface area contributed by atoms with Crippen molar-refractivity contribution < 1.29 is 4.79 Å². The first-order chi connectivity index (χ1) is 5.08. The molecule has 0 aromatic rings. The van der Waals surface area contributed by atoms with Crippen LogP contribution in [0.5, 0.6) is 0 Å². The van der Waals surface area contributed by atoms with Gasteiger partial charge in [-0.25, -0.2) is 0 Å². The second-order valence-corrected chi connectivity index (χ2v) is 4.59. The van der Waals surface area contributed by atoms with Gasteiger partial charge < -0.3 is 0 Å². The van der Waals surface area contributed by atoms with Crippen molar-refractivity contribution in [2.45, 2.75) is 33.1 Å². The van der Waals surface area contributed by atoms with Gasteiger partial charge in [-0.15, -0.1) is 0 Å². The zero-order valence-electron chi connectivity index (χ0n) is 7.19. The number of alkyl halides is 1. The molecule has 1 nitrogen and oxygen atoms in total. The fraction of sp³-hybridized carbons (Fsp3) is 0.889. The van der Waals surface area contributed by atoms with Crippen molar-refractivity contribution >= 4 is 21.7 Å². The van der Waals surface area contributed by atoms with E-state index < -0.39 is 0 Å². The molecule has 1 fully saturated rings.